The monoisotopic (exact) mass is 296 g/mol. The Balaban J connectivity index is 2.01. The van der Waals surface area contributed by atoms with E-state index in [1.807, 2.05) is 31.2 Å². The minimum absolute atomic E-state index is 0.00687. The van der Waals surface area contributed by atoms with Crippen LogP contribution < -0.4 is 5.73 Å². The van der Waals surface area contributed by atoms with Crippen LogP contribution in [-0.2, 0) is 0 Å². The summed E-state index contributed by atoms with van der Waals surface area (Å²) in [6.07, 6.45) is 0. The zero-order valence-electron chi connectivity index (χ0n) is 11.8. The summed E-state index contributed by atoms with van der Waals surface area (Å²) in [5, 5.41) is 4.18. The Labute approximate surface area is 126 Å². The average molecular weight is 296 g/mol. The van der Waals surface area contributed by atoms with Crippen LogP contribution >= 0.6 is 0 Å². The van der Waals surface area contributed by atoms with Crippen molar-refractivity contribution in [3.05, 3.63) is 65.5 Å². The number of nitrogens with two attached hydrogens (primary N) is 1. The number of anilines is 1. The van der Waals surface area contributed by atoms with Crippen molar-refractivity contribution in [2.75, 3.05) is 5.73 Å². The van der Waals surface area contributed by atoms with Crippen LogP contribution in [-0.4, -0.2) is 20.7 Å². The van der Waals surface area contributed by atoms with Gasteiger partial charge in [-0.2, -0.15) is 9.67 Å². The van der Waals surface area contributed by atoms with E-state index in [9.17, 15) is 9.18 Å². The molecule has 1 heterocycles. The molecule has 6 heteroatoms. The fraction of sp³-hybridized carbons (Fsp3) is 0.0625. The van der Waals surface area contributed by atoms with Gasteiger partial charge in [0.05, 0.1) is 0 Å². The highest BCUT2D eigenvalue weighted by atomic mass is 19.1. The number of halogens is 1. The number of rotatable bonds is 2. The Morgan fingerprint density at radius 2 is 1.82 bits per heavy atom. The molecule has 0 aliphatic heterocycles. The van der Waals surface area contributed by atoms with Gasteiger partial charge >= 0.3 is 0 Å². The molecule has 0 spiro atoms. The molecular formula is C16H13FN4O. The average Bonchev–Trinajstić information content (AvgIpc) is 2.89. The van der Waals surface area contributed by atoms with Crippen LogP contribution in [0.15, 0.2) is 48.5 Å². The van der Waals surface area contributed by atoms with Crippen LogP contribution in [0.5, 0.6) is 0 Å². The van der Waals surface area contributed by atoms with Gasteiger partial charge in [0.1, 0.15) is 5.82 Å². The molecule has 22 heavy (non-hydrogen) atoms. The highest BCUT2D eigenvalue weighted by molar-refractivity contribution is 5.96. The normalized spacial score (nSPS) is 10.6. The molecule has 0 aliphatic rings. The van der Waals surface area contributed by atoms with Gasteiger partial charge in [-0.3, -0.25) is 4.79 Å². The Kier molecular flexibility index (Phi) is 3.42. The lowest BCUT2D eigenvalue weighted by molar-refractivity contribution is 0.0948. The van der Waals surface area contributed by atoms with E-state index in [1.54, 1.807) is 0 Å². The van der Waals surface area contributed by atoms with Crippen LogP contribution in [0.4, 0.5) is 10.3 Å². The second kappa shape index (κ2) is 5.40. The van der Waals surface area contributed by atoms with Gasteiger partial charge in [0.2, 0.25) is 5.95 Å². The van der Waals surface area contributed by atoms with Crippen molar-refractivity contribution in [3.8, 4) is 11.4 Å². The van der Waals surface area contributed by atoms with Crippen molar-refractivity contribution < 1.29 is 9.18 Å². The number of benzene rings is 2. The van der Waals surface area contributed by atoms with Gasteiger partial charge in [-0.05, 0) is 36.8 Å². The Bertz CT molecular complexity index is 840. The van der Waals surface area contributed by atoms with E-state index in [0.717, 1.165) is 15.8 Å². The van der Waals surface area contributed by atoms with Crippen molar-refractivity contribution in [2.24, 2.45) is 0 Å². The van der Waals surface area contributed by atoms with E-state index < -0.39 is 11.7 Å². The van der Waals surface area contributed by atoms with Gasteiger partial charge in [0.25, 0.3) is 5.91 Å². The Hall–Kier alpha value is -3.02. The van der Waals surface area contributed by atoms with Gasteiger partial charge in [0.15, 0.2) is 5.82 Å². The molecule has 3 rings (SSSR count). The number of carbonyl (C=O) groups excluding carboxylic acids is 1. The van der Waals surface area contributed by atoms with E-state index in [4.69, 9.17) is 5.73 Å². The Morgan fingerprint density at radius 1 is 1.14 bits per heavy atom. The zero-order valence-corrected chi connectivity index (χ0v) is 11.8. The molecular weight excluding hydrogens is 283 g/mol. The summed E-state index contributed by atoms with van der Waals surface area (Å²) in [4.78, 5) is 16.5. The standard InChI is InChI=1S/C16H13FN4O/c1-10-4-2-3-5-13(10)14-19-16(18)21(20-14)15(22)11-6-8-12(17)9-7-11/h2-9H,1H3,(H2,18,19,20). The topological polar surface area (TPSA) is 73.8 Å². The third kappa shape index (κ3) is 2.46. The van der Waals surface area contributed by atoms with Crippen molar-refractivity contribution in [1.82, 2.24) is 14.8 Å². The van der Waals surface area contributed by atoms with Crippen LogP contribution in [0, 0.1) is 12.7 Å². The lowest BCUT2D eigenvalue weighted by Gasteiger charge is -2.01. The Morgan fingerprint density at radius 3 is 2.50 bits per heavy atom. The van der Waals surface area contributed by atoms with Crippen molar-refractivity contribution in [1.29, 1.82) is 0 Å². The van der Waals surface area contributed by atoms with Crippen molar-refractivity contribution in [2.45, 2.75) is 6.92 Å². The number of nitrogens with zero attached hydrogens (tertiary/aromatic N) is 3. The van der Waals surface area contributed by atoms with Crippen LogP contribution in [0.2, 0.25) is 0 Å². The summed E-state index contributed by atoms with van der Waals surface area (Å²) in [6, 6.07) is 12.7. The lowest BCUT2D eigenvalue weighted by atomic mass is 10.1. The number of hydrogen-bond donors (Lipinski definition) is 1. The van der Waals surface area contributed by atoms with Crippen molar-refractivity contribution in [3.63, 3.8) is 0 Å². The number of nitrogen functional groups attached to an aromatic ring is 1. The quantitative estimate of drug-likeness (QED) is 0.789. The predicted octanol–water partition coefficient (Wildman–Crippen LogP) is 2.66. The first-order valence-electron chi connectivity index (χ1n) is 6.65. The molecule has 3 aromatic rings. The predicted molar refractivity (Wildman–Crippen MR) is 80.7 cm³/mol. The van der Waals surface area contributed by atoms with Gasteiger partial charge in [-0.15, -0.1) is 5.10 Å². The SMILES string of the molecule is Cc1ccccc1-c1nc(N)n(C(=O)c2ccc(F)cc2)n1. The number of carbonyl (C=O) groups is 1. The van der Waals surface area contributed by atoms with E-state index in [-0.39, 0.29) is 11.5 Å². The van der Waals surface area contributed by atoms with Gasteiger partial charge in [-0.1, -0.05) is 24.3 Å². The molecule has 0 radical (unpaired) electrons. The van der Waals surface area contributed by atoms with E-state index in [2.05, 4.69) is 10.1 Å². The van der Waals surface area contributed by atoms with Crippen LogP contribution in [0.1, 0.15) is 15.9 Å². The maximum Gasteiger partial charge on any atom is 0.281 e. The fourth-order valence-corrected chi connectivity index (χ4v) is 2.13. The summed E-state index contributed by atoms with van der Waals surface area (Å²) < 4.78 is 14.0. The first-order chi connectivity index (χ1) is 10.6. The molecule has 110 valence electrons. The number of aromatic nitrogens is 3. The maximum atomic E-state index is 12.9. The molecule has 2 N–H and O–H groups in total. The highest BCUT2D eigenvalue weighted by Crippen LogP contribution is 2.21. The van der Waals surface area contributed by atoms with E-state index >= 15 is 0 Å². The van der Waals surface area contributed by atoms with Crippen molar-refractivity contribution >= 4 is 11.9 Å². The van der Waals surface area contributed by atoms with Crippen LogP contribution in [0.25, 0.3) is 11.4 Å². The first kappa shape index (κ1) is 13.9. The summed E-state index contributed by atoms with van der Waals surface area (Å²) in [5.41, 5.74) is 7.86. The molecule has 0 amide bonds. The molecule has 1 aromatic heterocycles. The molecule has 0 fully saturated rings. The second-order valence-corrected chi connectivity index (χ2v) is 4.83. The van der Waals surface area contributed by atoms with Gasteiger partial charge < -0.3 is 5.73 Å². The molecule has 0 aliphatic carbocycles. The summed E-state index contributed by atoms with van der Waals surface area (Å²) in [5.74, 6) is -0.493. The molecule has 0 bridgehead atoms. The third-order valence-corrected chi connectivity index (χ3v) is 3.30. The molecule has 0 saturated carbocycles. The van der Waals surface area contributed by atoms with Gasteiger partial charge in [0, 0.05) is 11.1 Å². The second-order valence-electron chi connectivity index (χ2n) is 4.83. The summed E-state index contributed by atoms with van der Waals surface area (Å²) >= 11 is 0. The molecule has 0 saturated heterocycles. The zero-order chi connectivity index (χ0) is 15.7. The molecule has 0 unspecified atom stereocenters. The smallest absolute Gasteiger partial charge is 0.281 e. The highest BCUT2D eigenvalue weighted by Gasteiger charge is 2.17. The molecule has 2 aromatic carbocycles. The van der Waals surface area contributed by atoms with Crippen LogP contribution in [0.3, 0.4) is 0 Å². The third-order valence-electron chi connectivity index (χ3n) is 3.30. The molecule has 0 atom stereocenters. The molecule has 5 nitrogen and oxygen atoms in total. The van der Waals surface area contributed by atoms with Gasteiger partial charge in [-0.25, -0.2) is 4.39 Å². The van der Waals surface area contributed by atoms with E-state index in [1.165, 1.54) is 24.3 Å². The lowest BCUT2D eigenvalue weighted by Crippen LogP contribution is -2.16. The first-order valence-corrected chi connectivity index (χ1v) is 6.65. The summed E-state index contributed by atoms with van der Waals surface area (Å²) in [6.45, 7) is 1.92. The largest absolute Gasteiger partial charge is 0.368 e. The number of hydrogen-bond acceptors (Lipinski definition) is 4. The minimum Gasteiger partial charge on any atom is -0.368 e. The maximum absolute atomic E-state index is 12.9. The number of aryl methyl sites for hydroxylation is 1. The fourth-order valence-electron chi connectivity index (χ4n) is 2.13. The minimum atomic E-state index is -0.454. The van der Waals surface area contributed by atoms with E-state index in [0.29, 0.717) is 5.82 Å². The summed E-state index contributed by atoms with van der Waals surface area (Å²) in [7, 11) is 0.